The number of carbonyl (C=O) groups excluding carboxylic acids is 1. The van der Waals surface area contributed by atoms with Gasteiger partial charge in [-0.15, -0.1) is 0 Å². The molecule has 0 aliphatic carbocycles. The third-order valence-corrected chi connectivity index (χ3v) is 4.81. The molecular formula is C13H22N2O3S. The second-order valence-corrected chi connectivity index (χ2v) is 6.04. The molecule has 0 radical (unpaired) electrons. The molecule has 2 fully saturated rings. The van der Waals surface area contributed by atoms with Crippen LogP contribution in [0.2, 0.25) is 0 Å². The SMILES string of the molecule is CC(O)C1CCN(C(=O)C2(C(N)=S)CCOCC2)C1. The van der Waals surface area contributed by atoms with Crippen molar-refractivity contribution in [2.45, 2.75) is 32.3 Å². The number of aliphatic hydroxyl groups excluding tert-OH is 1. The molecule has 0 saturated carbocycles. The zero-order chi connectivity index (χ0) is 14.0. The Morgan fingerprint density at radius 1 is 1.53 bits per heavy atom. The Balaban J connectivity index is 2.11. The van der Waals surface area contributed by atoms with Crippen LogP contribution in [0.5, 0.6) is 0 Å². The molecule has 2 heterocycles. The van der Waals surface area contributed by atoms with Crippen molar-refractivity contribution in [1.29, 1.82) is 0 Å². The number of carbonyl (C=O) groups is 1. The molecule has 0 bridgehead atoms. The van der Waals surface area contributed by atoms with Gasteiger partial charge in [0.15, 0.2) is 0 Å². The molecule has 2 unspecified atom stereocenters. The van der Waals surface area contributed by atoms with E-state index in [2.05, 4.69) is 0 Å². The minimum absolute atomic E-state index is 0.0199. The van der Waals surface area contributed by atoms with Gasteiger partial charge in [0.2, 0.25) is 5.91 Å². The van der Waals surface area contributed by atoms with Gasteiger partial charge in [-0.05, 0) is 26.2 Å². The fraction of sp³-hybridized carbons (Fsp3) is 0.846. The van der Waals surface area contributed by atoms with Crippen LogP contribution >= 0.6 is 12.2 Å². The highest BCUT2D eigenvalue weighted by atomic mass is 32.1. The molecule has 2 saturated heterocycles. The highest BCUT2D eigenvalue weighted by Gasteiger charge is 2.46. The lowest BCUT2D eigenvalue weighted by molar-refractivity contribution is -0.141. The normalized spacial score (nSPS) is 28.1. The molecule has 108 valence electrons. The van der Waals surface area contributed by atoms with Crippen LogP contribution in [0.15, 0.2) is 0 Å². The Kier molecular flexibility index (Phi) is 4.43. The molecule has 1 amide bonds. The van der Waals surface area contributed by atoms with Crippen molar-refractivity contribution in [1.82, 2.24) is 4.90 Å². The number of likely N-dealkylation sites (tertiary alicyclic amines) is 1. The summed E-state index contributed by atoms with van der Waals surface area (Å²) in [7, 11) is 0. The topological polar surface area (TPSA) is 75.8 Å². The van der Waals surface area contributed by atoms with Gasteiger partial charge in [0.1, 0.15) is 5.41 Å². The van der Waals surface area contributed by atoms with E-state index in [0.717, 1.165) is 6.42 Å². The molecule has 2 aliphatic heterocycles. The molecule has 2 rings (SSSR count). The minimum Gasteiger partial charge on any atom is -0.393 e. The summed E-state index contributed by atoms with van der Waals surface area (Å²) in [5.41, 5.74) is 5.11. The first kappa shape index (κ1) is 14.7. The van der Waals surface area contributed by atoms with Crippen LogP contribution in [0.3, 0.4) is 0 Å². The summed E-state index contributed by atoms with van der Waals surface area (Å²) in [6, 6.07) is 0. The first-order valence-corrected chi connectivity index (χ1v) is 7.23. The standard InChI is InChI=1S/C13H22N2O3S/c1-9(16)10-2-5-15(8-10)12(17)13(11(14)19)3-6-18-7-4-13/h9-10,16H,2-8H2,1H3,(H2,14,19). The van der Waals surface area contributed by atoms with Crippen LogP contribution < -0.4 is 5.73 Å². The molecule has 19 heavy (non-hydrogen) atoms. The van der Waals surface area contributed by atoms with Gasteiger partial charge in [0.05, 0.1) is 11.1 Å². The van der Waals surface area contributed by atoms with E-state index < -0.39 is 5.41 Å². The van der Waals surface area contributed by atoms with Gasteiger partial charge in [-0.2, -0.15) is 0 Å². The van der Waals surface area contributed by atoms with Crippen LogP contribution in [0.1, 0.15) is 26.2 Å². The van der Waals surface area contributed by atoms with E-state index in [-0.39, 0.29) is 22.9 Å². The van der Waals surface area contributed by atoms with Gasteiger partial charge in [0, 0.05) is 32.2 Å². The second kappa shape index (κ2) is 5.73. The third-order valence-electron chi connectivity index (χ3n) is 4.42. The minimum atomic E-state index is -0.735. The van der Waals surface area contributed by atoms with Crippen molar-refractivity contribution < 1.29 is 14.6 Å². The summed E-state index contributed by atoms with van der Waals surface area (Å²) in [5, 5.41) is 9.63. The van der Waals surface area contributed by atoms with Gasteiger partial charge < -0.3 is 20.5 Å². The quantitative estimate of drug-likeness (QED) is 0.730. The highest BCUT2D eigenvalue weighted by molar-refractivity contribution is 7.80. The van der Waals surface area contributed by atoms with E-state index in [1.54, 1.807) is 6.92 Å². The monoisotopic (exact) mass is 286 g/mol. The maximum Gasteiger partial charge on any atom is 0.235 e. The maximum absolute atomic E-state index is 12.8. The van der Waals surface area contributed by atoms with Crippen LogP contribution in [-0.4, -0.2) is 53.3 Å². The molecule has 0 aromatic rings. The summed E-state index contributed by atoms with van der Waals surface area (Å²) >= 11 is 5.15. The molecule has 3 N–H and O–H groups in total. The number of hydrogen-bond donors (Lipinski definition) is 2. The van der Waals surface area contributed by atoms with E-state index in [4.69, 9.17) is 22.7 Å². The number of thiocarbonyl (C=S) groups is 1. The Bertz CT molecular complexity index is 367. The molecule has 2 aliphatic rings. The van der Waals surface area contributed by atoms with Gasteiger partial charge in [-0.25, -0.2) is 0 Å². The highest BCUT2D eigenvalue weighted by Crippen LogP contribution is 2.35. The van der Waals surface area contributed by atoms with E-state index in [1.165, 1.54) is 0 Å². The smallest absolute Gasteiger partial charge is 0.235 e. The Hall–Kier alpha value is -0.720. The van der Waals surface area contributed by atoms with Crippen molar-refractivity contribution in [3.63, 3.8) is 0 Å². The average molecular weight is 286 g/mol. The van der Waals surface area contributed by atoms with Gasteiger partial charge >= 0.3 is 0 Å². The summed E-state index contributed by atoms with van der Waals surface area (Å²) in [6.45, 7) is 4.10. The number of hydrogen-bond acceptors (Lipinski definition) is 4. The second-order valence-electron chi connectivity index (χ2n) is 5.60. The van der Waals surface area contributed by atoms with Crippen molar-refractivity contribution in [2.24, 2.45) is 17.1 Å². The van der Waals surface area contributed by atoms with E-state index in [1.807, 2.05) is 4.90 Å². The lowest BCUT2D eigenvalue weighted by Gasteiger charge is -2.37. The Morgan fingerprint density at radius 3 is 2.63 bits per heavy atom. The first-order valence-electron chi connectivity index (χ1n) is 6.82. The molecular weight excluding hydrogens is 264 g/mol. The number of ether oxygens (including phenoxy) is 1. The van der Waals surface area contributed by atoms with Crippen LogP contribution in [0, 0.1) is 11.3 Å². The third kappa shape index (κ3) is 2.75. The van der Waals surface area contributed by atoms with E-state index in [0.29, 0.717) is 39.1 Å². The fourth-order valence-electron chi connectivity index (χ4n) is 2.95. The maximum atomic E-state index is 12.8. The molecule has 2 atom stereocenters. The summed E-state index contributed by atoms with van der Waals surface area (Å²) in [4.78, 5) is 14.8. The number of aliphatic hydroxyl groups is 1. The predicted octanol–water partition coefficient (Wildman–Crippen LogP) is 0.299. The number of amides is 1. The summed E-state index contributed by atoms with van der Waals surface area (Å²) < 4.78 is 5.32. The van der Waals surface area contributed by atoms with Crippen molar-refractivity contribution >= 4 is 23.1 Å². The van der Waals surface area contributed by atoms with E-state index in [9.17, 15) is 9.90 Å². The summed E-state index contributed by atoms with van der Waals surface area (Å²) in [5.74, 6) is 0.179. The van der Waals surface area contributed by atoms with Gasteiger partial charge in [-0.3, -0.25) is 4.79 Å². The van der Waals surface area contributed by atoms with Crippen molar-refractivity contribution in [3.05, 3.63) is 0 Å². The molecule has 0 spiro atoms. The number of rotatable bonds is 3. The zero-order valence-corrected chi connectivity index (χ0v) is 12.1. The van der Waals surface area contributed by atoms with Crippen molar-refractivity contribution in [2.75, 3.05) is 26.3 Å². The number of nitrogens with two attached hydrogens (primary N) is 1. The predicted molar refractivity (Wildman–Crippen MR) is 75.6 cm³/mol. The lowest BCUT2D eigenvalue weighted by atomic mass is 9.78. The molecule has 0 aromatic carbocycles. The van der Waals surface area contributed by atoms with E-state index >= 15 is 0 Å². The molecule has 6 heteroatoms. The van der Waals surface area contributed by atoms with Crippen LogP contribution in [0.4, 0.5) is 0 Å². The fourth-order valence-corrected chi connectivity index (χ4v) is 3.25. The van der Waals surface area contributed by atoms with Gasteiger partial charge in [0.25, 0.3) is 0 Å². The average Bonchev–Trinajstić information content (AvgIpc) is 2.88. The van der Waals surface area contributed by atoms with Crippen LogP contribution in [-0.2, 0) is 9.53 Å². The van der Waals surface area contributed by atoms with Gasteiger partial charge in [-0.1, -0.05) is 12.2 Å². The van der Waals surface area contributed by atoms with Crippen LogP contribution in [0.25, 0.3) is 0 Å². The molecule has 5 nitrogen and oxygen atoms in total. The molecule has 0 aromatic heterocycles. The zero-order valence-electron chi connectivity index (χ0n) is 11.3. The van der Waals surface area contributed by atoms with Crippen molar-refractivity contribution in [3.8, 4) is 0 Å². The Morgan fingerprint density at radius 2 is 2.16 bits per heavy atom. The number of nitrogens with zero attached hydrogens (tertiary/aromatic N) is 1. The largest absolute Gasteiger partial charge is 0.393 e. The Labute approximate surface area is 119 Å². The lowest BCUT2D eigenvalue weighted by Crippen LogP contribution is -2.52. The summed E-state index contributed by atoms with van der Waals surface area (Å²) in [6.07, 6.45) is 1.59. The first-order chi connectivity index (χ1) is 8.97.